The molecular weight excluding hydrogens is 208 g/mol. The number of carbonyl (C=O) groups excluding carboxylic acids is 1. The van der Waals surface area contributed by atoms with Crippen LogP contribution in [0.4, 0.5) is 0 Å². The van der Waals surface area contributed by atoms with Gasteiger partial charge in [-0.3, -0.25) is 10.1 Å². The van der Waals surface area contributed by atoms with E-state index in [4.69, 9.17) is 4.52 Å². The maximum atomic E-state index is 11.6. The van der Waals surface area contributed by atoms with E-state index in [2.05, 4.69) is 20.8 Å². The Labute approximate surface area is 93.8 Å². The second-order valence-electron chi connectivity index (χ2n) is 3.95. The first kappa shape index (κ1) is 11.1. The lowest BCUT2D eigenvalue weighted by Gasteiger charge is -2.13. The van der Waals surface area contributed by atoms with Gasteiger partial charge in [-0.15, -0.1) is 0 Å². The van der Waals surface area contributed by atoms with Gasteiger partial charge in [-0.1, -0.05) is 5.16 Å². The highest BCUT2D eigenvalue weighted by Gasteiger charge is 2.20. The van der Waals surface area contributed by atoms with Crippen LogP contribution in [0.5, 0.6) is 0 Å². The van der Waals surface area contributed by atoms with Gasteiger partial charge in [0.25, 0.3) is 0 Å². The molecule has 0 aromatic carbocycles. The van der Waals surface area contributed by atoms with E-state index in [9.17, 15) is 4.79 Å². The van der Waals surface area contributed by atoms with Crippen molar-refractivity contribution in [2.24, 2.45) is 0 Å². The molecule has 1 aliphatic heterocycles. The van der Waals surface area contributed by atoms with E-state index in [0.717, 1.165) is 25.8 Å². The van der Waals surface area contributed by atoms with E-state index in [-0.39, 0.29) is 11.9 Å². The van der Waals surface area contributed by atoms with Gasteiger partial charge in [-0.25, -0.2) is 0 Å². The molecule has 6 nitrogen and oxygen atoms in total. The molecule has 88 valence electrons. The third kappa shape index (κ3) is 2.79. The largest absolute Gasteiger partial charge is 0.355 e. The fraction of sp³-hybridized carbons (Fsp3) is 0.700. The second-order valence-corrected chi connectivity index (χ2v) is 3.95. The molecular formula is C10H16N4O2. The van der Waals surface area contributed by atoms with Crippen LogP contribution in [0.3, 0.4) is 0 Å². The molecule has 2 heterocycles. The SMILES string of the molecule is Cc1nc(CNC2CCCCNC2=O)no1. The van der Waals surface area contributed by atoms with Crippen LogP contribution < -0.4 is 10.6 Å². The molecule has 1 aliphatic rings. The fourth-order valence-corrected chi connectivity index (χ4v) is 1.76. The van der Waals surface area contributed by atoms with Crippen molar-refractivity contribution in [2.45, 2.75) is 38.8 Å². The number of rotatable bonds is 3. The highest BCUT2D eigenvalue weighted by Crippen LogP contribution is 2.06. The van der Waals surface area contributed by atoms with E-state index in [0.29, 0.717) is 18.3 Å². The average Bonchev–Trinajstić information content (AvgIpc) is 2.56. The molecule has 0 radical (unpaired) electrons. The van der Waals surface area contributed by atoms with Crippen LogP contribution in [0, 0.1) is 6.92 Å². The van der Waals surface area contributed by atoms with Gasteiger partial charge in [-0.2, -0.15) is 4.98 Å². The zero-order chi connectivity index (χ0) is 11.4. The minimum atomic E-state index is -0.138. The normalized spacial score (nSPS) is 21.6. The van der Waals surface area contributed by atoms with Crippen molar-refractivity contribution in [1.82, 2.24) is 20.8 Å². The minimum absolute atomic E-state index is 0.0673. The third-order valence-electron chi connectivity index (χ3n) is 2.61. The first-order chi connectivity index (χ1) is 7.75. The van der Waals surface area contributed by atoms with Crippen molar-refractivity contribution in [3.63, 3.8) is 0 Å². The molecule has 0 spiro atoms. The quantitative estimate of drug-likeness (QED) is 0.763. The van der Waals surface area contributed by atoms with Crippen molar-refractivity contribution in [2.75, 3.05) is 6.54 Å². The Morgan fingerprint density at radius 2 is 2.44 bits per heavy atom. The summed E-state index contributed by atoms with van der Waals surface area (Å²) in [6, 6.07) is -0.138. The van der Waals surface area contributed by atoms with Crippen molar-refractivity contribution in [3.05, 3.63) is 11.7 Å². The van der Waals surface area contributed by atoms with E-state index in [1.165, 1.54) is 0 Å². The highest BCUT2D eigenvalue weighted by molar-refractivity contribution is 5.81. The Kier molecular flexibility index (Phi) is 3.51. The summed E-state index contributed by atoms with van der Waals surface area (Å²) in [5.74, 6) is 1.20. The van der Waals surface area contributed by atoms with Gasteiger partial charge < -0.3 is 9.84 Å². The Morgan fingerprint density at radius 3 is 3.19 bits per heavy atom. The lowest BCUT2D eigenvalue weighted by atomic mass is 10.1. The summed E-state index contributed by atoms with van der Waals surface area (Å²) in [4.78, 5) is 15.7. The summed E-state index contributed by atoms with van der Waals surface area (Å²) < 4.78 is 4.85. The van der Waals surface area contributed by atoms with E-state index in [1.54, 1.807) is 6.92 Å². The van der Waals surface area contributed by atoms with E-state index >= 15 is 0 Å². The Hall–Kier alpha value is -1.43. The monoisotopic (exact) mass is 224 g/mol. The van der Waals surface area contributed by atoms with Crippen LogP contribution in [0.25, 0.3) is 0 Å². The smallest absolute Gasteiger partial charge is 0.237 e. The van der Waals surface area contributed by atoms with E-state index in [1.807, 2.05) is 0 Å². The van der Waals surface area contributed by atoms with Crippen LogP contribution in [0.1, 0.15) is 31.0 Å². The molecule has 1 aromatic rings. The lowest BCUT2D eigenvalue weighted by molar-refractivity contribution is -0.122. The number of nitrogens with one attached hydrogen (secondary N) is 2. The minimum Gasteiger partial charge on any atom is -0.355 e. The summed E-state index contributed by atoms with van der Waals surface area (Å²) in [6.45, 7) is 2.99. The first-order valence-electron chi connectivity index (χ1n) is 5.56. The molecule has 1 saturated heterocycles. The van der Waals surface area contributed by atoms with Crippen LogP contribution in [0.15, 0.2) is 4.52 Å². The predicted molar refractivity (Wildman–Crippen MR) is 56.5 cm³/mol. The van der Waals surface area contributed by atoms with Gasteiger partial charge in [0.2, 0.25) is 11.8 Å². The van der Waals surface area contributed by atoms with Gasteiger partial charge in [0.05, 0.1) is 12.6 Å². The molecule has 0 bridgehead atoms. The topological polar surface area (TPSA) is 80.0 Å². The number of nitrogens with zero attached hydrogens (tertiary/aromatic N) is 2. The van der Waals surface area contributed by atoms with Gasteiger partial charge >= 0.3 is 0 Å². The Bertz CT molecular complexity index is 363. The molecule has 1 amide bonds. The summed E-state index contributed by atoms with van der Waals surface area (Å²) in [5.41, 5.74) is 0. The van der Waals surface area contributed by atoms with Gasteiger partial charge in [-0.05, 0) is 19.3 Å². The van der Waals surface area contributed by atoms with Crippen LogP contribution in [0.2, 0.25) is 0 Å². The van der Waals surface area contributed by atoms with Crippen molar-refractivity contribution >= 4 is 5.91 Å². The molecule has 0 saturated carbocycles. The number of carbonyl (C=O) groups is 1. The molecule has 1 atom stereocenters. The third-order valence-corrected chi connectivity index (χ3v) is 2.61. The van der Waals surface area contributed by atoms with Gasteiger partial charge in [0.1, 0.15) is 0 Å². The maximum Gasteiger partial charge on any atom is 0.237 e. The number of amides is 1. The second kappa shape index (κ2) is 5.07. The Balaban J connectivity index is 1.86. The molecule has 1 unspecified atom stereocenters. The van der Waals surface area contributed by atoms with Crippen molar-refractivity contribution in [3.8, 4) is 0 Å². The van der Waals surface area contributed by atoms with Crippen molar-refractivity contribution in [1.29, 1.82) is 0 Å². The standard InChI is InChI=1S/C10H16N4O2/c1-7-13-9(14-16-7)6-12-8-4-2-3-5-11-10(8)15/h8,12H,2-6H2,1H3,(H,11,15). The summed E-state index contributed by atoms with van der Waals surface area (Å²) in [6.07, 6.45) is 2.97. The van der Waals surface area contributed by atoms with Crippen LogP contribution in [-0.2, 0) is 11.3 Å². The molecule has 2 N–H and O–H groups in total. The average molecular weight is 224 g/mol. The van der Waals surface area contributed by atoms with E-state index < -0.39 is 0 Å². The first-order valence-corrected chi connectivity index (χ1v) is 5.56. The van der Waals surface area contributed by atoms with Crippen LogP contribution in [-0.4, -0.2) is 28.6 Å². The van der Waals surface area contributed by atoms with Gasteiger partial charge in [0.15, 0.2) is 5.82 Å². The number of aryl methyl sites for hydroxylation is 1. The highest BCUT2D eigenvalue weighted by atomic mass is 16.5. The molecule has 1 fully saturated rings. The molecule has 6 heteroatoms. The predicted octanol–water partition coefficient (Wildman–Crippen LogP) is 0.136. The molecule has 0 aliphatic carbocycles. The molecule has 2 rings (SSSR count). The molecule has 1 aromatic heterocycles. The fourth-order valence-electron chi connectivity index (χ4n) is 1.76. The Morgan fingerprint density at radius 1 is 1.56 bits per heavy atom. The van der Waals surface area contributed by atoms with Gasteiger partial charge in [0, 0.05) is 13.5 Å². The lowest BCUT2D eigenvalue weighted by Crippen LogP contribution is -2.42. The summed E-state index contributed by atoms with van der Waals surface area (Å²) in [5, 5.41) is 9.78. The zero-order valence-electron chi connectivity index (χ0n) is 9.32. The number of hydrogen-bond donors (Lipinski definition) is 2. The number of hydrogen-bond acceptors (Lipinski definition) is 5. The van der Waals surface area contributed by atoms with Crippen molar-refractivity contribution < 1.29 is 9.32 Å². The summed E-state index contributed by atoms with van der Waals surface area (Å²) in [7, 11) is 0. The number of aromatic nitrogens is 2. The maximum absolute atomic E-state index is 11.6. The summed E-state index contributed by atoms with van der Waals surface area (Å²) >= 11 is 0. The zero-order valence-corrected chi connectivity index (χ0v) is 9.32. The van der Waals surface area contributed by atoms with Crippen LogP contribution >= 0.6 is 0 Å². The molecule has 16 heavy (non-hydrogen) atoms.